The molecule has 2 rings (SSSR count). The van der Waals surface area contributed by atoms with Crippen molar-refractivity contribution in [2.75, 3.05) is 24.6 Å². The Hall–Kier alpha value is -0.0300. The Kier molecular flexibility index (Phi) is 4.08. The lowest BCUT2D eigenvalue weighted by Gasteiger charge is -2.34. The first-order chi connectivity index (χ1) is 7.27. The Morgan fingerprint density at radius 2 is 2.53 bits per heavy atom. The van der Waals surface area contributed by atoms with E-state index >= 15 is 0 Å². The second-order valence-electron chi connectivity index (χ2n) is 4.04. The zero-order chi connectivity index (χ0) is 10.7. The molecule has 1 aliphatic rings. The highest BCUT2D eigenvalue weighted by Gasteiger charge is 2.21. The third kappa shape index (κ3) is 2.97. The predicted octanol–water partition coefficient (Wildman–Crippen LogP) is 2.19. The SMILES string of the molecule is CC1CSCCN1CC(N)c1cccs1. The van der Waals surface area contributed by atoms with Crippen molar-refractivity contribution in [3.05, 3.63) is 22.4 Å². The first-order valence-electron chi connectivity index (χ1n) is 5.38. The first-order valence-corrected chi connectivity index (χ1v) is 7.41. The standard InChI is InChI=1S/C11H18N2S2/c1-9-8-14-6-4-13(9)7-10(12)11-3-2-5-15-11/h2-3,5,9-10H,4,6-8,12H2,1H3. The van der Waals surface area contributed by atoms with Gasteiger partial charge >= 0.3 is 0 Å². The highest BCUT2D eigenvalue weighted by Crippen LogP contribution is 2.21. The predicted molar refractivity (Wildman–Crippen MR) is 69.6 cm³/mol. The molecule has 0 saturated carbocycles. The van der Waals surface area contributed by atoms with E-state index in [1.165, 1.54) is 22.9 Å². The smallest absolute Gasteiger partial charge is 0.0519 e. The number of nitrogens with zero attached hydrogens (tertiary/aromatic N) is 1. The molecule has 1 aromatic rings. The van der Waals surface area contributed by atoms with Gasteiger partial charge in [-0.05, 0) is 18.4 Å². The van der Waals surface area contributed by atoms with E-state index in [2.05, 4.69) is 41.1 Å². The van der Waals surface area contributed by atoms with Gasteiger partial charge < -0.3 is 5.73 Å². The summed E-state index contributed by atoms with van der Waals surface area (Å²) < 4.78 is 0. The minimum absolute atomic E-state index is 0.190. The summed E-state index contributed by atoms with van der Waals surface area (Å²) >= 11 is 3.82. The quantitative estimate of drug-likeness (QED) is 0.881. The molecule has 2 heterocycles. The molecule has 0 radical (unpaired) electrons. The lowest BCUT2D eigenvalue weighted by Crippen LogP contribution is -2.43. The van der Waals surface area contributed by atoms with E-state index in [0.29, 0.717) is 6.04 Å². The summed E-state index contributed by atoms with van der Waals surface area (Å²) in [5.74, 6) is 2.50. The number of hydrogen-bond donors (Lipinski definition) is 1. The van der Waals surface area contributed by atoms with Crippen LogP contribution in [0.25, 0.3) is 0 Å². The maximum atomic E-state index is 6.19. The van der Waals surface area contributed by atoms with Crippen LogP contribution >= 0.6 is 23.1 Å². The summed E-state index contributed by atoms with van der Waals surface area (Å²) in [6.45, 7) is 4.49. The van der Waals surface area contributed by atoms with Gasteiger partial charge in [-0.3, -0.25) is 4.90 Å². The third-order valence-corrected chi connectivity index (χ3v) is 5.04. The summed E-state index contributed by atoms with van der Waals surface area (Å²) in [5, 5.41) is 2.10. The van der Waals surface area contributed by atoms with E-state index in [1.807, 2.05) is 0 Å². The van der Waals surface area contributed by atoms with Crippen molar-refractivity contribution >= 4 is 23.1 Å². The number of hydrogen-bond acceptors (Lipinski definition) is 4. The molecule has 1 saturated heterocycles. The van der Waals surface area contributed by atoms with Crippen LogP contribution in [0.3, 0.4) is 0 Å². The van der Waals surface area contributed by atoms with Crippen LogP contribution in [-0.2, 0) is 0 Å². The van der Waals surface area contributed by atoms with Crippen LogP contribution in [0.15, 0.2) is 17.5 Å². The second kappa shape index (κ2) is 5.34. The highest BCUT2D eigenvalue weighted by atomic mass is 32.2. The zero-order valence-corrected chi connectivity index (χ0v) is 10.7. The minimum Gasteiger partial charge on any atom is -0.322 e. The molecule has 0 bridgehead atoms. The molecule has 0 amide bonds. The largest absolute Gasteiger partial charge is 0.322 e. The maximum absolute atomic E-state index is 6.19. The fourth-order valence-electron chi connectivity index (χ4n) is 1.88. The van der Waals surface area contributed by atoms with Crippen molar-refractivity contribution in [2.24, 2.45) is 5.73 Å². The van der Waals surface area contributed by atoms with Crippen molar-refractivity contribution in [1.82, 2.24) is 4.90 Å². The summed E-state index contributed by atoms with van der Waals surface area (Å²) in [6, 6.07) is 5.08. The van der Waals surface area contributed by atoms with E-state index in [4.69, 9.17) is 5.73 Å². The maximum Gasteiger partial charge on any atom is 0.0519 e. The van der Waals surface area contributed by atoms with Crippen LogP contribution in [0.2, 0.25) is 0 Å². The van der Waals surface area contributed by atoms with Crippen LogP contribution in [0.1, 0.15) is 17.8 Å². The Morgan fingerprint density at radius 3 is 3.20 bits per heavy atom. The summed E-state index contributed by atoms with van der Waals surface area (Å²) in [5.41, 5.74) is 6.19. The van der Waals surface area contributed by atoms with Gasteiger partial charge in [0.2, 0.25) is 0 Å². The van der Waals surface area contributed by atoms with Gasteiger partial charge in [0.15, 0.2) is 0 Å². The third-order valence-electron chi connectivity index (χ3n) is 2.85. The van der Waals surface area contributed by atoms with Crippen LogP contribution in [0, 0.1) is 0 Å². The molecule has 84 valence electrons. The van der Waals surface area contributed by atoms with Gasteiger partial charge in [0.05, 0.1) is 6.04 Å². The molecule has 2 atom stereocenters. The normalized spacial score (nSPS) is 25.3. The molecule has 2 N–H and O–H groups in total. The number of thiophene rings is 1. The monoisotopic (exact) mass is 242 g/mol. The van der Waals surface area contributed by atoms with Gasteiger partial charge in [-0.2, -0.15) is 11.8 Å². The van der Waals surface area contributed by atoms with Crippen LogP contribution in [-0.4, -0.2) is 35.5 Å². The van der Waals surface area contributed by atoms with E-state index in [1.54, 1.807) is 11.3 Å². The molecule has 0 spiro atoms. The molecule has 0 aromatic carbocycles. The van der Waals surface area contributed by atoms with Gasteiger partial charge in [-0.15, -0.1) is 11.3 Å². The van der Waals surface area contributed by atoms with Gasteiger partial charge in [0.25, 0.3) is 0 Å². The van der Waals surface area contributed by atoms with Crippen molar-refractivity contribution < 1.29 is 0 Å². The van der Waals surface area contributed by atoms with E-state index in [9.17, 15) is 0 Å². The fourth-order valence-corrected chi connectivity index (χ4v) is 3.68. The van der Waals surface area contributed by atoms with E-state index < -0.39 is 0 Å². The molecule has 0 aliphatic carbocycles. The molecule has 15 heavy (non-hydrogen) atoms. The number of thioether (sulfide) groups is 1. The highest BCUT2D eigenvalue weighted by molar-refractivity contribution is 7.99. The average Bonchev–Trinajstić information content (AvgIpc) is 2.74. The van der Waals surface area contributed by atoms with Gasteiger partial charge in [0, 0.05) is 35.5 Å². The summed E-state index contributed by atoms with van der Waals surface area (Å²) in [6.07, 6.45) is 0. The molecule has 2 nitrogen and oxygen atoms in total. The zero-order valence-electron chi connectivity index (χ0n) is 9.06. The Morgan fingerprint density at radius 1 is 1.67 bits per heavy atom. The minimum atomic E-state index is 0.190. The summed E-state index contributed by atoms with van der Waals surface area (Å²) in [4.78, 5) is 3.82. The fraction of sp³-hybridized carbons (Fsp3) is 0.636. The second-order valence-corrected chi connectivity index (χ2v) is 6.17. The van der Waals surface area contributed by atoms with Crippen LogP contribution in [0.5, 0.6) is 0 Å². The van der Waals surface area contributed by atoms with Crippen LogP contribution < -0.4 is 5.73 Å². The molecule has 4 heteroatoms. The molecule has 1 fully saturated rings. The molecule has 2 unspecified atom stereocenters. The lowest BCUT2D eigenvalue weighted by molar-refractivity contribution is 0.220. The van der Waals surface area contributed by atoms with Gasteiger partial charge in [-0.1, -0.05) is 6.07 Å². The van der Waals surface area contributed by atoms with Crippen molar-refractivity contribution in [1.29, 1.82) is 0 Å². The number of nitrogens with two attached hydrogens (primary N) is 1. The topological polar surface area (TPSA) is 29.3 Å². The van der Waals surface area contributed by atoms with Crippen LogP contribution in [0.4, 0.5) is 0 Å². The van der Waals surface area contributed by atoms with E-state index in [-0.39, 0.29) is 6.04 Å². The van der Waals surface area contributed by atoms with Crippen molar-refractivity contribution in [3.8, 4) is 0 Å². The number of rotatable bonds is 3. The molecular formula is C11H18N2S2. The Bertz CT molecular complexity index is 287. The molecular weight excluding hydrogens is 224 g/mol. The summed E-state index contributed by atoms with van der Waals surface area (Å²) in [7, 11) is 0. The molecule has 1 aromatic heterocycles. The van der Waals surface area contributed by atoms with Crippen molar-refractivity contribution in [3.63, 3.8) is 0 Å². The average molecular weight is 242 g/mol. The first kappa shape index (κ1) is 11.5. The molecule has 1 aliphatic heterocycles. The Balaban J connectivity index is 1.90. The van der Waals surface area contributed by atoms with E-state index in [0.717, 1.165) is 6.54 Å². The van der Waals surface area contributed by atoms with Gasteiger partial charge in [-0.25, -0.2) is 0 Å². The lowest BCUT2D eigenvalue weighted by atomic mass is 10.2. The van der Waals surface area contributed by atoms with Gasteiger partial charge in [0.1, 0.15) is 0 Å². The van der Waals surface area contributed by atoms with Crippen molar-refractivity contribution in [2.45, 2.75) is 19.0 Å². The Labute approximate surface area is 99.8 Å².